The largest absolute Gasteiger partial charge is 0.487 e. The van der Waals surface area contributed by atoms with Gasteiger partial charge in [-0.25, -0.2) is 0 Å². The van der Waals surface area contributed by atoms with Gasteiger partial charge >= 0.3 is 0 Å². The molecule has 0 saturated carbocycles. The zero-order chi connectivity index (χ0) is 14.8. The van der Waals surface area contributed by atoms with E-state index >= 15 is 0 Å². The fourth-order valence-electron chi connectivity index (χ4n) is 2.82. The molecule has 112 valence electrons. The van der Waals surface area contributed by atoms with Gasteiger partial charge in [0.05, 0.1) is 11.8 Å². The Labute approximate surface area is 125 Å². The first kappa shape index (κ1) is 14.1. The van der Waals surface area contributed by atoms with Crippen LogP contribution in [-0.2, 0) is 13.0 Å². The monoisotopic (exact) mass is 286 g/mol. The lowest BCUT2D eigenvalue weighted by atomic mass is 9.89. The SMILES string of the molecule is CC(C)n1ccc(COc2cccc3c2CCCC3O)n1. The Morgan fingerprint density at radius 3 is 3.00 bits per heavy atom. The molecule has 0 spiro atoms. The van der Waals surface area contributed by atoms with E-state index in [1.54, 1.807) is 0 Å². The molecular weight excluding hydrogens is 264 g/mol. The number of benzene rings is 1. The average molecular weight is 286 g/mol. The predicted molar refractivity (Wildman–Crippen MR) is 81.3 cm³/mol. The molecule has 1 aliphatic rings. The van der Waals surface area contributed by atoms with Crippen LogP contribution in [0, 0.1) is 0 Å². The summed E-state index contributed by atoms with van der Waals surface area (Å²) < 4.78 is 7.88. The van der Waals surface area contributed by atoms with Gasteiger partial charge in [-0.05, 0) is 56.4 Å². The molecule has 1 heterocycles. The third-order valence-corrected chi connectivity index (χ3v) is 4.00. The molecule has 1 aromatic carbocycles. The summed E-state index contributed by atoms with van der Waals surface area (Å²) >= 11 is 0. The summed E-state index contributed by atoms with van der Waals surface area (Å²) in [5, 5.41) is 14.6. The Kier molecular flexibility index (Phi) is 3.97. The van der Waals surface area contributed by atoms with Gasteiger partial charge in [-0.2, -0.15) is 5.10 Å². The van der Waals surface area contributed by atoms with Crippen LogP contribution >= 0.6 is 0 Å². The van der Waals surface area contributed by atoms with Crippen molar-refractivity contribution in [1.29, 1.82) is 0 Å². The van der Waals surface area contributed by atoms with E-state index in [-0.39, 0.29) is 6.10 Å². The van der Waals surface area contributed by atoms with Gasteiger partial charge in [-0.1, -0.05) is 12.1 Å². The zero-order valence-electron chi connectivity index (χ0n) is 12.6. The molecular formula is C17H22N2O2. The van der Waals surface area contributed by atoms with Crippen molar-refractivity contribution in [1.82, 2.24) is 9.78 Å². The van der Waals surface area contributed by atoms with Crippen molar-refractivity contribution in [3.63, 3.8) is 0 Å². The van der Waals surface area contributed by atoms with Crippen molar-refractivity contribution in [3.8, 4) is 5.75 Å². The Bertz CT molecular complexity index is 619. The molecule has 1 aromatic heterocycles. The number of nitrogens with zero attached hydrogens (tertiary/aromatic N) is 2. The first-order chi connectivity index (χ1) is 10.1. The Hall–Kier alpha value is -1.81. The number of hydrogen-bond donors (Lipinski definition) is 1. The highest BCUT2D eigenvalue weighted by Gasteiger charge is 2.20. The van der Waals surface area contributed by atoms with Gasteiger partial charge in [0.2, 0.25) is 0 Å². The molecule has 21 heavy (non-hydrogen) atoms. The van der Waals surface area contributed by atoms with Crippen LogP contribution < -0.4 is 4.74 Å². The van der Waals surface area contributed by atoms with E-state index in [1.807, 2.05) is 35.1 Å². The molecule has 0 aliphatic heterocycles. The fraction of sp³-hybridized carbons (Fsp3) is 0.471. The average Bonchev–Trinajstić information content (AvgIpc) is 2.95. The van der Waals surface area contributed by atoms with E-state index in [9.17, 15) is 5.11 Å². The smallest absolute Gasteiger partial charge is 0.132 e. The van der Waals surface area contributed by atoms with Crippen LogP contribution in [0.5, 0.6) is 5.75 Å². The molecule has 1 N–H and O–H groups in total. The van der Waals surface area contributed by atoms with E-state index < -0.39 is 0 Å². The maximum Gasteiger partial charge on any atom is 0.132 e. The minimum Gasteiger partial charge on any atom is -0.487 e. The number of aromatic nitrogens is 2. The summed E-state index contributed by atoms with van der Waals surface area (Å²) in [6.07, 6.45) is 4.46. The molecule has 0 radical (unpaired) electrons. The van der Waals surface area contributed by atoms with E-state index in [0.29, 0.717) is 12.6 Å². The second-order valence-corrected chi connectivity index (χ2v) is 5.90. The Morgan fingerprint density at radius 2 is 2.24 bits per heavy atom. The predicted octanol–water partition coefficient (Wildman–Crippen LogP) is 3.41. The van der Waals surface area contributed by atoms with Gasteiger partial charge in [-0.15, -0.1) is 0 Å². The van der Waals surface area contributed by atoms with E-state index in [4.69, 9.17) is 4.74 Å². The van der Waals surface area contributed by atoms with Crippen molar-refractivity contribution < 1.29 is 9.84 Å². The lowest BCUT2D eigenvalue weighted by Gasteiger charge is -2.23. The number of rotatable bonds is 4. The van der Waals surface area contributed by atoms with Crippen LogP contribution in [0.2, 0.25) is 0 Å². The van der Waals surface area contributed by atoms with Crippen molar-refractivity contribution in [3.05, 3.63) is 47.3 Å². The number of aliphatic hydroxyl groups is 1. The molecule has 2 aromatic rings. The summed E-state index contributed by atoms with van der Waals surface area (Å²) in [4.78, 5) is 0. The van der Waals surface area contributed by atoms with Crippen LogP contribution in [-0.4, -0.2) is 14.9 Å². The lowest BCUT2D eigenvalue weighted by Crippen LogP contribution is -2.11. The molecule has 1 atom stereocenters. The van der Waals surface area contributed by atoms with Gasteiger partial charge in [0, 0.05) is 12.2 Å². The van der Waals surface area contributed by atoms with Crippen LogP contribution in [0.4, 0.5) is 0 Å². The Morgan fingerprint density at radius 1 is 1.38 bits per heavy atom. The zero-order valence-corrected chi connectivity index (χ0v) is 12.6. The third-order valence-electron chi connectivity index (χ3n) is 4.00. The second-order valence-electron chi connectivity index (χ2n) is 5.90. The molecule has 4 nitrogen and oxygen atoms in total. The van der Waals surface area contributed by atoms with Gasteiger partial charge < -0.3 is 9.84 Å². The number of hydrogen-bond acceptors (Lipinski definition) is 3. The van der Waals surface area contributed by atoms with Crippen molar-refractivity contribution >= 4 is 0 Å². The topological polar surface area (TPSA) is 47.3 Å². The molecule has 4 heteroatoms. The summed E-state index contributed by atoms with van der Waals surface area (Å²) in [6.45, 7) is 4.67. The summed E-state index contributed by atoms with van der Waals surface area (Å²) in [5.74, 6) is 0.880. The molecule has 0 amide bonds. The van der Waals surface area contributed by atoms with Crippen LogP contribution in [0.15, 0.2) is 30.5 Å². The first-order valence-electron chi connectivity index (χ1n) is 7.62. The molecule has 3 rings (SSSR count). The normalized spacial score (nSPS) is 17.8. The molecule has 0 bridgehead atoms. The van der Waals surface area contributed by atoms with E-state index in [2.05, 4.69) is 18.9 Å². The van der Waals surface area contributed by atoms with Crippen molar-refractivity contribution in [2.45, 2.75) is 51.9 Å². The number of ether oxygens (including phenoxy) is 1. The quantitative estimate of drug-likeness (QED) is 0.937. The van der Waals surface area contributed by atoms with Crippen LogP contribution in [0.1, 0.15) is 55.7 Å². The second kappa shape index (κ2) is 5.90. The molecule has 1 unspecified atom stereocenters. The third kappa shape index (κ3) is 2.95. The highest BCUT2D eigenvalue weighted by Crippen LogP contribution is 2.35. The molecule has 0 fully saturated rings. The van der Waals surface area contributed by atoms with Gasteiger partial charge in [0.15, 0.2) is 0 Å². The molecule has 0 saturated heterocycles. The van der Waals surface area contributed by atoms with Crippen molar-refractivity contribution in [2.24, 2.45) is 0 Å². The summed E-state index contributed by atoms with van der Waals surface area (Å²) in [6, 6.07) is 8.29. The number of fused-ring (bicyclic) bond motifs is 1. The minimum absolute atomic E-state index is 0.350. The van der Waals surface area contributed by atoms with E-state index in [1.165, 1.54) is 0 Å². The highest BCUT2D eigenvalue weighted by atomic mass is 16.5. The standard InChI is InChI=1S/C17H22N2O2/c1-12(2)19-10-9-13(18-19)11-21-17-8-4-5-14-15(17)6-3-7-16(14)20/h4-5,8-10,12,16,20H,3,6-7,11H2,1-2H3. The van der Waals surface area contributed by atoms with Gasteiger partial charge in [0.1, 0.15) is 12.4 Å². The Balaban J connectivity index is 1.74. The van der Waals surface area contributed by atoms with Crippen LogP contribution in [0.3, 0.4) is 0 Å². The first-order valence-corrected chi connectivity index (χ1v) is 7.62. The minimum atomic E-state index is -0.350. The molecule has 1 aliphatic carbocycles. The summed E-state index contributed by atoms with van der Waals surface area (Å²) in [7, 11) is 0. The maximum absolute atomic E-state index is 10.1. The fourth-order valence-corrected chi connectivity index (χ4v) is 2.82. The maximum atomic E-state index is 10.1. The van der Waals surface area contributed by atoms with Gasteiger partial charge in [-0.3, -0.25) is 4.68 Å². The van der Waals surface area contributed by atoms with Crippen molar-refractivity contribution in [2.75, 3.05) is 0 Å². The van der Waals surface area contributed by atoms with Gasteiger partial charge in [0.25, 0.3) is 0 Å². The lowest BCUT2D eigenvalue weighted by molar-refractivity contribution is 0.155. The van der Waals surface area contributed by atoms with E-state index in [0.717, 1.165) is 41.8 Å². The van der Waals surface area contributed by atoms with Crippen LogP contribution in [0.25, 0.3) is 0 Å². The summed E-state index contributed by atoms with van der Waals surface area (Å²) in [5.41, 5.74) is 3.10. The highest BCUT2D eigenvalue weighted by molar-refractivity contribution is 5.42. The number of aliphatic hydroxyl groups excluding tert-OH is 1.